The van der Waals surface area contributed by atoms with E-state index in [2.05, 4.69) is 5.32 Å². The van der Waals surface area contributed by atoms with Crippen LogP contribution in [0.25, 0.3) is 0 Å². The van der Waals surface area contributed by atoms with Crippen molar-refractivity contribution in [3.8, 4) is 0 Å². The van der Waals surface area contributed by atoms with Crippen molar-refractivity contribution >= 4 is 33.2 Å². The normalized spacial score (nSPS) is 11.2. The molecule has 0 fully saturated rings. The van der Waals surface area contributed by atoms with Crippen molar-refractivity contribution in [3.05, 3.63) is 29.3 Å². The average Bonchev–Trinajstić information content (AvgIpc) is 2.36. The predicted molar refractivity (Wildman–Crippen MR) is 78.5 cm³/mol. The fraction of sp³-hybridized carbons (Fsp3) is 0.417. The van der Waals surface area contributed by atoms with Gasteiger partial charge in [-0.1, -0.05) is 11.6 Å². The highest BCUT2D eigenvalue weighted by Crippen LogP contribution is 2.20. The minimum atomic E-state index is -3.56. The number of rotatable bonds is 7. The summed E-state index contributed by atoms with van der Waals surface area (Å²) in [6.45, 7) is 0.406. The lowest BCUT2D eigenvalue weighted by atomic mass is 10.3. The first-order valence-corrected chi connectivity index (χ1v) is 8.06. The maximum atomic E-state index is 11.8. The summed E-state index contributed by atoms with van der Waals surface area (Å²) in [5, 5.41) is 3.06. The average molecular weight is 321 g/mol. The lowest BCUT2D eigenvalue weighted by Crippen LogP contribution is -2.41. The third-order valence-electron chi connectivity index (χ3n) is 2.43. The van der Waals surface area contributed by atoms with Crippen LogP contribution < -0.4 is 9.62 Å². The number of nitrogens with zero attached hydrogens (tertiary/aromatic N) is 1. The molecule has 20 heavy (non-hydrogen) atoms. The molecule has 112 valence electrons. The molecule has 1 rings (SSSR count). The van der Waals surface area contributed by atoms with Gasteiger partial charge in [0.15, 0.2) is 0 Å². The van der Waals surface area contributed by atoms with Gasteiger partial charge in [-0.3, -0.25) is 9.10 Å². The Morgan fingerprint density at radius 3 is 2.45 bits per heavy atom. The van der Waals surface area contributed by atoms with Crippen molar-refractivity contribution in [2.24, 2.45) is 0 Å². The number of nitrogens with one attached hydrogen (secondary N) is 1. The van der Waals surface area contributed by atoms with Gasteiger partial charge in [0.1, 0.15) is 6.54 Å². The Labute approximate surface area is 123 Å². The predicted octanol–water partition coefficient (Wildman–Crippen LogP) is 0.869. The molecule has 0 bridgehead atoms. The maximum Gasteiger partial charge on any atom is 0.240 e. The zero-order valence-corrected chi connectivity index (χ0v) is 12.9. The molecule has 0 aliphatic heterocycles. The van der Waals surface area contributed by atoms with Crippen molar-refractivity contribution in [1.82, 2.24) is 5.32 Å². The largest absolute Gasteiger partial charge is 0.383 e. The number of hydrogen-bond acceptors (Lipinski definition) is 4. The van der Waals surface area contributed by atoms with Crippen molar-refractivity contribution < 1.29 is 17.9 Å². The lowest BCUT2D eigenvalue weighted by Gasteiger charge is -2.21. The minimum Gasteiger partial charge on any atom is -0.383 e. The zero-order valence-electron chi connectivity index (χ0n) is 11.3. The third-order valence-corrected chi connectivity index (χ3v) is 3.82. The number of hydrogen-bond donors (Lipinski definition) is 1. The van der Waals surface area contributed by atoms with Crippen molar-refractivity contribution in [1.29, 1.82) is 0 Å². The van der Waals surface area contributed by atoms with E-state index in [1.165, 1.54) is 7.11 Å². The Hall–Kier alpha value is -1.31. The molecule has 0 aliphatic rings. The summed E-state index contributed by atoms with van der Waals surface area (Å²) in [7, 11) is -2.04. The van der Waals surface area contributed by atoms with Gasteiger partial charge in [0.25, 0.3) is 0 Å². The topological polar surface area (TPSA) is 75.7 Å². The summed E-state index contributed by atoms with van der Waals surface area (Å²) in [6.07, 6.45) is 1.05. The Kier molecular flexibility index (Phi) is 6.25. The molecule has 0 atom stereocenters. The molecule has 0 aromatic heterocycles. The van der Waals surface area contributed by atoms with E-state index in [4.69, 9.17) is 16.3 Å². The highest BCUT2D eigenvalue weighted by atomic mass is 35.5. The van der Waals surface area contributed by atoms with Crippen LogP contribution in [0.15, 0.2) is 24.3 Å². The highest BCUT2D eigenvalue weighted by molar-refractivity contribution is 7.92. The van der Waals surface area contributed by atoms with Gasteiger partial charge in [0, 0.05) is 18.7 Å². The van der Waals surface area contributed by atoms with Gasteiger partial charge in [-0.2, -0.15) is 0 Å². The Morgan fingerprint density at radius 2 is 1.95 bits per heavy atom. The first-order valence-electron chi connectivity index (χ1n) is 5.83. The van der Waals surface area contributed by atoms with Crippen LogP contribution in [0.4, 0.5) is 5.69 Å². The molecule has 8 heteroatoms. The summed E-state index contributed by atoms with van der Waals surface area (Å²) in [5.41, 5.74) is 0.388. The number of anilines is 1. The van der Waals surface area contributed by atoms with Crippen molar-refractivity contribution in [3.63, 3.8) is 0 Å². The van der Waals surface area contributed by atoms with Gasteiger partial charge in [-0.15, -0.1) is 0 Å². The number of halogens is 1. The number of methoxy groups -OCH3 is 1. The molecule has 0 unspecified atom stereocenters. The van der Waals surface area contributed by atoms with E-state index >= 15 is 0 Å². The van der Waals surface area contributed by atoms with Gasteiger partial charge in [-0.25, -0.2) is 8.42 Å². The van der Waals surface area contributed by atoms with E-state index < -0.39 is 15.9 Å². The van der Waals surface area contributed by atoms with Crippen LogP contribution in [0.3, 0.4) is 0 Å². The van der Waals surface area contributed by atoms with E-state index in [1.807, 2.05) is 0 Å². The van der Waals surface area contributed by atoms with E-state index in [1.54, 1.807) is 24.3 Å². The molecule has 0 aliphatic carbocycles. The van der Waals surface area contributed by atoms with Crippen molar-refractivity contribution in [2.45, 2.75) is 0 Å². The summed E-state index contributed by atoms with van der Waals surface area (Å²) >= 11 is 5.76. The first kappa shape index (κ1) is 16.7. The molecule has 1 amide bonds. The molecule has 0 spiro atoms. The van der Waals surface area contributed by atoms with Gasteiger partial charge < -0.3 is 10.1 Å². The minimum absolute atomic E-state index is 0.288. The number of sulfonamides is 1. The molecule has 0 heterocycles. The number of carbonyl (C=O) groups is 1. The standard InChI is InChI=1S/C12H17ClN2O4S/c1-19-8-7-14-12(16)9-15(20(2,17)18)11-5-3-10(13)4-6-11/h3-6H,7-9H2,1-2H3,(H,14,16). The molecular formula is C12H17ClN2O4S. The SMILES string of the molecule is COCCNC(=O)CN(c1ccc(Cl)cc1)S(C)(=O)=O. The number of amides is 1. The lowest BCUT2D eigenvalue weighted by molar-refractivity contribution is -0.119. The molecule has 6 nitrogen and oxygen atoms in total. The molecule has 1 aromatic carbocycles. The van der Waals surface area contributed by atoms with Crippen molar-refractivity contribution in [2.75, 3.05) is 37.4 Å². The van der Waals surface area contributed by atoms with Crippen LogP contribution >= 0.6 is 11.6 Å². The Balaban J connectivity index is 2.81. The summed E-state index contributed by atoms with van der Waals surface area (Å²) in [6, 6.07) is 6.23. The number of carbonyl (C=O) groups excluding carboxylic acids is 1. The van der Waals surface area contributed by atoms with Crippen LogP contribution in [0.2, 0.25) is 5.02 Å². The second kappa shape index (κ2) is 7.47. The van der Waals surface area contributed by atoms with Crippen LogP contribution in [0.5, 0.6) is 0 Å². The number of benzene rings is 1. The zero-order chi connectivity index (χ0) is 15.2. The van der Waals surface area contributed by atoms with Crippen LogP contribution in [-0.4, -0.2) is 47.4 Å². The highest BCUT2D eigenvalue weighted by Gasteiger charge is 2.20. The molecule has 0 saturated heterocycles. The van der Waals surface area contributed by atoms with E-state index in [0.29, 0.717) is 23.9 Å². The van der Waals surface area contributed by atoms with E-state index in [0.717, 1.165) is 10.6 Å². The third kappa shape index (κ3) is 5.36. The smallest absolute Gasteiger partial charge is 0.240 e. The molecule has 1 N–H and O–H groups in total. The van der Waals surface area contributed by atoms with Gasteiger partial charge in [-0.05, 0) is 24.3 Å². The van der Waals surface area contributed by atoms with E-state index in [-0.39, 0.29) is 6.54 Å². The summed E-state index contributed by atoms with van der Waals surface area (Å²) in [4.78, 5) is 11.7. The van der Waals surface area contributed by atoms with Crippen LogP contribution in [0, 0.1) is 0 Å². The Bertz CT molecular complexity index is 545. The van der Waals surface area contributed by atoms with Crippen LogP contribution in [0.1, 0.15) is 0 Å². The molecular weight excluding hydrogens is 304 g/mol. The van der Waals surface area contributed by atoms with Gasteiger partial charge in [0.05, 0.1) is 18.6 Å². The first-order chi connectivity index (χ1) is 9.34. The van der Waals surface area contributed by atoms with Gasteiger partial charge >= 0.3 is 0 Å². The molecule has 0 radical (unpaired) electrons. The van der Waals surface area contributed by atoms with E-state index in [9.17, 15) is 13.2 Å². The quantitative estimate of drug-likeness (QED) is 0.756. The second-order valence-corrected chi connectivity index (χ2v) is 6.43. The fourth-order valence-electron chi connectivity index (χ4n) is 1.49. The summed E-state index contributed by atoms with van der Waals surface area (Å²) in [5.74, 6) is -0.401. The Morgan fingerprint density at radius 1 is 1.35 bits per heavy atom. The number of ether oxygens (including phenoxy) is 1. The molecule has 0 saturated carbocycles. The second-order valence-electron chi connectivity index (χ2n) is 4.09. The fourth-order valence-corrected chi connectivity index (χ4v) is 2.47. The van der Waals surface area contributed by atoms with Gasteiger partial charge in [0.2, 0.25) is 15.9 Å². The summed E-state index contributed by atoms with van der Waals surface area (Å²) < 4.78 is 29.4. The maximum absolute atomic E-state index is 11.8. The van der Waals surface area contributed by atoms with Crippen LogP contribution in [-0.2, 0) is 19.6 Å². The monoisotopic (exact) mass is 320 g/mol. The molecule has 1 aromatic rings.